The Morgan fingerprint density at radius 1 is 0.700 bits per heavy atom. The van der Waals surface area contributed by atoms with E-state index in [1.54, 1.807) is 0 Å². The molecule has 1 N–H and O–H groups in total. The predicted molar refractivity (Wildman–Crippen MR) is 49.4 cm³/mol. The average Bonchev–Trinajstić information content (AvgIpc) is 2.14. The second-order valence-corrected chi connectivity index (χ2v) is 1.81. The van der Waals surface area contributed by atoms with Crippen LogP contribution in [0.25, 0.3) is 0 Å². The minimum Gasteiger partial charge on any atom is -0.317 e. The molecule has 1 aliphatic heterocycles. The number of hydrogen-bond donors (Lipinski definition) is 1. The lowest BCUT2D eigenvalue weighted by Crippen LogP contribution is -2.21. The normalized spacial score (nSPS) is 15.6. The van der Waals surface area contributed by atoms with Gasteiger partial charge in [0.25, 0.3) is 0 Å². The van der Waals surface area contributed by atoms with Gasteiger partial charge in [0, 0.05) is 0 Å². The molecule has 1 saturated heterocycles. The van der Waals surface area contributed by atoms with Gasteiger partial charge in [-0.1, -0.05) is 34.1 Å². The molecular weight excluding hydrogens is 122 g/mol. The number of nitrogens with one attached hydrogen (secondary N) is 1. The van der Waals surface area contributed by atoms with E-state index in [4.69, 9.17) is 0 Å². The Morgan fingerprint density at radius 3 is 1.20 bits per heavy atom. The molecule has 1 heteroatoms. The molecule has 0 aliphatic carbocycles. The van der Waals surface area contributed by atoms with Crippen molar-refractivity contribution in [2.24, 2.45) is 0 Å². The Morgan fingerprint density at radius 2 is 1.10 bits per heavy atom. The average molecular weight is 145 g/mol. The van der Waals surface area contributed by atoms with E-state index in [1.807, 2.05) is 27.7 Å². The SMILES string of the molecule is C1CCNCC1.CC.CC. The van der Waals surface area contributed by atoms with Crippen LogP contribution in [0.4, 0.5) is 0 Å². The number of piperidine rings is 1. The van der Waals surface area contributed by atoms with Crippen LogP contribution in [0.1, 0.15) is 47.0 Å². The van der Waals surface area contributed by atoms with Crippen molar-refractivity contribution < 1.29 is 0 Å². The van der Waals surface area contributed by atoms with Gasteiger partial charge in [0.1, 0.15) is 0 Å². The maximum atomic E-state index is 3.28. The second-order valence-electron chi connectivity index (χ2n) is 1.81. The Kier molecular flexibility index (Phi) is 20.2. The fourth-order valence-corrected chi connectivity index (χ4v) is 0.802. The molecule has 1 nitrogen and oxygen atoms in total. The standard InChI is InChI=1S/C5H11N.2C2H6/c1-2-4-6-5-3-1;2*1-2/h6H,1-5H2;2*1-2H3. The van der Waals surface area contributed by atoms with Gasteiger partial charge >= 0.3 is 0 Å². The molecule has 0 aromatic carbocycles. The van der Waals surface area contributed by atoms with Crippen molar-refractivity contribution in [3.05, 3.63) is 0 Å². The molecule has 1 rings (SSSR count). The second kappa shape index (κ2) is 16.0. The van der Waals surface area contributed by atoms with Gasteiger partial charge in [-0.3, -0.25) is 0 Å². The van der Waals surface area contributed by atoms with Gasteiger partial charge in [-0.15, -0.1) is 0 Å². The van der Waals surface area contributed by atoms with Crippen LogP contribution in [0.2, 0.25) is 0 Å². The highest BCUT2D eigenvalue weighted by Gasteiger charge is 1.93. The summed E-state index contributed by atoms with van der Waals surface area (Å²) >= 11 is 0. The first-order chi connectivity index (χ1) is 5.00. The van der Waals surface area contributed by atoms with Gasteiger partial charge < -0.3 is 5.32 Å². The Hall–Kier alpha value is -0.0400. The Labute approximate surface area is 66.2 Å². The topological polar surface area (TPSA) is 12.0 Å². The molecule has 0 saturated carbocycles. The van der Waals surface area contributed by atoms with Crippen molar-refractivity contribution in [2.45, 2.75) is 47.0 Å². The first kappa shape index (κ1) is 12.6. The molecule has 1 aliphatic rings. The molecule has 0 unspecified atom stereocenters. The van der Waals surface area contributed by atoms with Crippen molar-refractivity contribution in [3.8, 4) is 0 Å². The monoisotopic (exact) mass is 145 g/mol. The summed E-state index contributed by atoms with van der Waals surface area (Å²) in [6, 6.07) is 0. The van der Waals surface area contributed by atoms with Crippen molar-refractivity contribution in [1.29, 1.82) is 0 Å². The summed E-state index contributed by atoms with van der Waals surface area (Å²) in [5.41, 5.74) is 0. The van der Waals surface area contributed by atoms with Crippen molar-refractivity contribution in [3.63, 3.8) is 0 Å². The molecule has 0 radical (unpaired) electrons. The highest BCUT2D eigenvalue weighted by Crippen LogP contribution is 1.96. The fourth-order valence-electron chi connectivity index (χ4n) is 0.802. The third kappa shape index (κ3) is 10.9. The summed E-state index contributed by atoms with van der Waals surface area (Å²) in [5, 5.41) is 3.28. The summed E-state index contributed by atoms with van der Waals surface area (Å²) in [4.78, 5) is 0. The lowest BCUT2D eigenvalue weighted by molar-refractivity contribution is 0.520. The van der Waals surface area contributed by atoms with Crippen LogP contribution in [-0.2, 0) is 0 Å². The number of hydrogen-bond acceptors (Lipinski definition) is 1. The van der Waals surface area contributed by atoms with Crippen LogP contribution in [0.5, 0.6) is 0 Å². The van der Waals surface area contributed by atoms with E-state index in [-0.39, 0.29) is 0 Å². The van der Waals surface area contributed by atoms with E-state index >= 15 is 0 Å². The summed E-state index contributed by atoms with van der Waals surface area (Å²) in [6.45, 7) is 10.5. The summed E-state index contributed by atoms with van der Waals surface area (Å²) in [6.07, 6.45) is 4.22. The highest BCUT2D eigenvalue weighted by molar-refractivity contribution is 4.55. The fraction of sp³-hybridized carbons (Fsp3) is 1.00. The minimum absolute atomic E-state index is 1.25. The summed E-state index contributed by atoms with van der Waals surface area (Å²) in [5.74, 6) is 0. The lowest BCUT2D eigenvalue weighted by Gasteiger charge is -2.08. The van der Waals surface area contributed by atoms with Gasteiger partial charge in [0.05, 0.1) is 0 Å². The summed E-state index contributed by atoms with van der Waals surface area (Å²) < 4.78 is 0. The number of rotatable bonds is 0. The van der Waals surface area contributed by atoms with E-state index in [0.717, 1.165) is 0 Å². The quantitative estimate of drug-likeness (QED) is 0.552. The van der Waals surface area contributed by atoms with Gasteiger partial charge in [-0.2, -0.15) is 0 Å². The maximum Gasteiger partial charge on any atom is -0.00489 e. The van der Waals surface area contributed by atoms with Crippen molar-refractivity contribution in [2.75, 3.05) is 13.1 Å². The highest BCUT2D eigenvalue weighted by atomic mass is 14.9. The van der Waals surface area contributed by atoms with Crippen LogP contribution < -0.4 is 5.32 Å². The largest absolute Gasteiger partial charge is 0.317 e. The van der Waals surface area contributed by atoms with Gasteiger partial charge in [0.2, 0.25) is 0 Å². The molecule has 64 valence electrons. The van der Waals surface area contributed by atoms with E-state index < -0.39 is 0 Å². The molecule has 0 atom stereocenters. The zero-order valence-electron chi connectivity index (χ0n) is 8.04. The smallest absolute Gasteiger partial charge is 0.00489 e. The van der Waals surface area contributed by atoms with E-state index in [9.17, 15) is 0 Å². The zero-order valence-corrected chi connectivity index (χ0v) is 8.04. The van der Waals surface area contributed by atoms with E-state index in [0.29, 0.717) is 0 Å². The van der Waals surface area contributed by atoms with Crippen LogP contribution in [0.15, 0.2) is 0 Å². The molecular formula is C9H23N. The molecule has 0 aromatic rings. The molecule has 0 bridgehead atoms. The van der Waals surface area contributed by atoms with Crippen molar-refractivity contribution >= 4 is 0 Å². The molecule has 0 aromatic heterocycles. The molecule has 1 heterocycles. The summed E-state index contributed by atoms with van der Waals surface area (Å²) in [7, 11) is 0. The zero-order chi connectivity index (χ0) is 8.24. The first-order valence-corrected chi connectivity index (χ1v) is 4.71. The Balaban J connectivity index is 0. The van der Waals surface area contributed by atoms with Gasteiger partial charge in [-0.25, -0.2) is 0 Å². The van der Waals surface area contributed by atoms with Crippen LogP contribution in [-0.4, -0.2) is 13.1 Å². The van der Waals surface area contributed by atoms with E-state index in [1.165, 1.54) is 32.4 Å². The van der Waals surface area contributed by atoms with Gasteiger partial charge in [-0.05, 0) is 25.9 Å². The first-order valence-electron chi connectivity index (χ1n) is 4.71. The lowest BCUT2D eigenvalue weighted by atomic mass is 10.2. The molecule has 1 fully saturated rings. The maximum absolute atomic E-state index is 3.28. The predicted octanol–water partition coefficient (Wildman–Crippen LogP) is 2.81. The minimum atomic E-state index is 1.25. The van der Waals surface area contributed by atoms with Gasteiger partial charge in [0.15, 0.2) is 0 Å². The van der Waals surface area contributed by atoms with Crippen LogP contribution in [0, 0.1) is 0 Å². The van der Waals surface area contributed by atoms with Crippen LogP contribution >= 0.6 is 0 Å². The third-order valence-corrected chi connectivity index (χ3v) is 1.21. The molecule has 0 spiro atoms. The Bertz CT molecular complexity index is 20.2. The van der Waals surface area contributed by atoms with Crippen molar-refractivity contribution in [1.82, 2.24) is 5.32 Å². The van der Waals surface area contributed by atoms with E-state index in [2.05, 4.69) is 5.32 Å². The van der Waals surface area contributed by atoms with Crippen LogP contribution in [0.3, 0.4) is 0 Å². The molecule has 0 amide bonds. The molecule has 10 heavy (non-hydrogen) atoms. The third-order valence-electron chi connectivity index (χ3n) is 1.21.